The standard InChI is InChI=1S/C15H18N2O3S2/c1-10-9-14(11(2)21-10)15(18)17-8-7-12-3-5-13(6-4-12)22(16,19)20/h3-6,9H,7-8H2,1-2H3,(H,17,18)(H2,16,19,20). The van der Waals surface area contributed by atoms with E-state index in [0.29, 0.717) is 18.5 Å². The average molecular weight is 338 g/mol. The Morgan fingerprint density at radius 1 is 1.23 bits per heavy atom. The van der Waals surface area contributed by atoms with Crippen LogP contribution in [-0.4, -0.2) is 20.9 Å². The highest BCUT2D eigenvalue weighted by atomic mass is 32.2. The van der Waals surface area contributed by atoms with Gasteiger partial charge >= 0.3 is 0 Å². The van der Waals surface area contributed by atoms with Crippen LogP contribution in [0, 0.1) is 13.8 Å². The molecule has 0 radical (unpaired) electrons. The number of primary sulfonamides is 1. The summed E-state index contributed by atoms with van der Waals surface area (Å²) in [5.41, 5.74) is 1.65. The van der Waals surface area contributed by atoms with E-state index in [1.165, 1.54) is 12.1 Å². The SMILES string of the molecule is Cc1cc(C(=O)NCCc2ccc(S(N)(=O)=O)cc2)c(C)s1. The number of thiophene rings is 1. The van der Waals surface area contributed by atoms with Crippen molar-refractivity contribution < 1.29 is 13.2 Å². The predicted molar refractivity (Wildman–Crippen MR) is 87.6 cm³/mol. The molecule has 1 aromatic carbocycles. The molecule has 1 aromatic heterocycles. The molecule has 0 saturated heterocycles. The van der Waals surface area contributed by atoms with E-state index in [2.05, 4.69) is 5.32 Å². The third-order valence-corrected chi connectivity index (χ3v) is 5.13. The molecule has 0 aliphatic carbocycles. The summed E-state index contributed by atoms with van der Waals surface area (Å²) in [6.45, 7) is 4.39. The number of carbonyl (C=O) groups is 1. The Bertz CT molecular complexity index is 778. The largest absolute Gasteiger partial charge is 0.352 e. The highest BCUT2D eigenvalue weighted by molar-refractivity contribution is 7.89. The Labute approximate surface area is 134 Å². The molecule has 5 nitrogen and oxygen atoms in total. The molecule has 0 saturated carbocycles. The van der Waals surface area contributed by atoms with Gasteiger partial charge in [-0.3, -0.25) is 4.79 Å². The van der Waals surface area contributed by atoms with Gasteiger partial charge in [0.2, 0.25) is 10.0 Å². The first-order valence-electron chi connectivity index (χ1n) is 6.74. The smallest absolute Gasteiger partial charge is 0.252 e. The number of hydrogen-bond donors (Lipinski definition) is 2. The minimum absolute atomic E-state index is 0.0805. The maximum Gasteiger partial charge on any atom is 0.252 e. The van der Waals surface area contributed by atoms with Crippen LogP contribution in [0.2, 0.25) is 0 Å². The highest BCUT2D eigenvalue weighted by Gasteiger charge is 2.11. The lowest BCUT2D eigenvalue weighted by Gasteiger charge is -2.06. The van der Waals surface area contributed by atoms with Crippen LogP contribution in [-0.2, 0) is 16.4 Å². The van der Waals surface area contributed by atoms with Gasteiger partial charge in [-0.2, -0.15) is 0 Å². The van der Waals surface area contributed by atoms with E-state index in [4.69, 9.17) is 5.14 Å². The molecule has 0 bridgehead atoms. The van der Waals surface area contributed by atoms with Gasteiger partial charge in [-0.15, -0.1) is 11.3 Å². The number of nitrogens with one attached hydrogen (secondary N) is 1. The summed E-state index contributed by atoms with van der Waals surface area (Å²) in [4.78, 5) is 14.3. The summed E-state index contributed by atoms with van der Waals surface area (Å²) in [5, 5.41) is 7.91. The third kappa shape index (κ3) is 4.16. The van der Waals surface area contributed by atoms with Gasteiger partial charge < -0.3 is 5.32 Å². The van der Waals surface area contributed by atoms with Gasteiger partial charge in [-0.05, 0) is 44.0 Å². The molecule has 118 valence electrons. The van der Waals surface area contributed by atoms with Crippen LogP contribution in [0.5, 0.6) is 0 Å². The van der Waals surface area contributed by atoms with E-state index in [9.17, 15) is 13.2 Å². The molecule has 1 heterocycles. The van der Waals surface area contributed by atoms with Crippen LogP contribution in [0.25, 0.3) is 0 Å². The molecule has 0 atom stereocenters. The highest BCUT2D eigenvalue weighted by Crippen LogP contribution is 2.20. The van der Waals surface area contributed by atoms with E-state index in [0.717, 1.165) is 15.3 Å². The second kappa shape index (κ2) is 6.60. The fourth-order valence-corrected chi connectivity index (χ4v) is 3.55. The van der Waals surface area contributed by atoms with Crippen LogP contribution in [0.4, 0.5) is 0 Å². The third-order valence-electron chi connectivity index (χ3n) is 3.24. The summed E-state index contributed by atoms with van der Waals surface area (Å²) in [5.74, 6) is -0.0805. The Morgan fingerprint density at radius 2 is 1.86 bits per heavy atom. The van der Waals surface area contributed by atoms with E-state index >= 15 is 0 Å². The molecule has 2 rings (SSSR count). The zero-order valence-corrected chi connectivity index (χ0v) is 14.1. The van der Waals surface area contributed by atoms with Gasteiger partial charge in [0.1, 0.15) is 0 Å². The molecule has 0 aliphatic rings. The lowest BCUT2D eigenvalue weighted by atomic mass is 10.1. The van der Waals surface area contributed by atoms with E-state index in [1.54, 1.807) is 23.5 Å². The van der Waals surface area contributed by atoms with Gasteiger partial charge in [0.05, 0.1) is 10.5 Å². The fraction of sp³-hybridized carbons (Fsp3) is 0.267. The Hall–Kier alpha value is -1.70. The summed E-state index contributed by atoms with van der Waals surface area (Å²) in [6.07, 6.45) is 0.624. The van der Waals surface area contributed by atoms with E-state index < -0.39 is 10.0 Å². The van der Waals surface area contributed by atoms with Crippen molar-refractivity contribution in [1.29, 1.82) is 0 Å². The predicted octanol–water partition coefficient (Wildman–Crippen LogP) is 1.98. The Balaban J connectivity index is 1.91. The van der Waals surface area contributed by atoms with Crippen LogP contribution in [0.3, 0.4) is 0 Å². The first-order chi connectivity index (χ1) is 10.3. The van der Waals surface area contributed by atoms with E-state index in [-0.39, 0.29) is 10.8 Å². The molecular weight excluding hydrogens is 320 g/mol. The van der Waals surface area contributed by atoms with Gasteiger partial charge in [-0.25, -0.2) is 13.6 Å². The molecular formula is C15H18N2O3S2. The number of sulfonamides is 1. The summed E-state index contributed by atoms with van der Waals surface area (Å²) in [6, 6.07) is 8.23. The van der Waals surface area contributed by atoms with Crippen molar-refractivity contribution in [2.75, 3.05) is 6.54 Å². The number of amides is 1. The van der Waals surface area contributed by atoms with Crippen molar-refractivity contribution in [1.82, 2.24) is 5.32 Å². The van der Waals surface area contributed by atoms with Crippen molar-refractivity contribution >= 4 is 27.3 Å². The molecule has 0 unspecified atom stereocenters. The Morgan fingerprint density at radius 3 is 2.36 bits per heavy atom. The number of hydrogen-bond acceptors (Lipinski definition) is 4. The van der Waals surface area contributed by atoms with Gasteiger partial charge in [-0.1, -0.05) is 12.1 Å². The van der Waals surface area contributed by atoms with Gasteiger partial charge in [0.15, 0.2) is 0 Å². The summed E-state index contributed by atoms with van der Waals surface area (Å²) in [7, 11) is -3.66. The summed E-state index contributed by atoms with van der Waals surface area (Å²) < 4.78 is 22.3. The Kier molecular flexibility index (Phi) is 5.00. The molecule has 7 heteroatoms. The number of nitrogens with two attached hydrogens (primary N) is 1. The lowest BCUT2D eigenvalue weighted by molar-refractivity contribution is 0.0954. The first kappa shape index (κ1) is 16.7. The van der Waals surface area contributed by atoms with Crippen LogP contribution >= 0.6 is 11.3 Å². The number of aryl methyl sites for hydroxylation is 2. The fourth-order valence-electron chi connectivity index (χ4n) is 2.12. The zero-order valence-electron chi connectivity index (χ0n) is 12.4. The second-order valence-electron chi connectivity index (χ2n) is 5.02. The molecule has 0 spiro atoms. The molecule has 22 heavy (non-hydrogen) atoms. The van der Waals surface area contributed by atoms with Crippen molar-refractivity contribution in [3.63, 3.8) is 0 Å². The first-order valence-corrected chi connectivity index (χ1v) is 9.10. The molecule has 3 N–H and O–H groups in total. The number of benzene rings is 1. The number of rotatable bonds is 5. The van der Waals surface area contributed by atoms with E-state index in [1.807, 2.05) is 19.9 Å². The van der Waals surface area contributed by atoms with Gasteiger partial charge in [0.25, 0.3) is 5.91 Å². The molecule has 0 aliphatic heterocycles. The van der Waals surface area contributed by atoms with Crippen LogP contribution in [0.1, 0.15) is 25.7 Å². The quantitative estimate of drug-likeness (QED) is 0.873. The van der Waals surface area contributed by atoms with Gasteiger partial charge in [0, 0.05) is 16.3 Å². The maximum absolute atomic E-state index is 12.1. The molecule has 1 amide bonds. The zero-order chi connectivity index (χ0) is 16.3. The molecule has 2 aromatic rings. The monoisotopic (exact) mass is 338 g/mol. The van der Waals surface area contributed by atoms with Crippen molar-refractivity contribution in [3.05, 3.63) is 51.2 Å². The minimum Gasteiger partial charge on any atom is -0.352 e. The topological polar surface area (TPSA) is 89.3 Å². The minimum atomic E-state index is -3.66. The summed E-state index contributed by atoms with van der Waals surface area (Å²) >= 11 is 1.60. The van der Waals surface area contributed by atoms with Crippen molar-refractivity contribution in [2.45, 2.75) is 25.2 Å². The maximum atomic E-state index is 12.1. The van der Waals surface area contributed by atoms with Crippen molar-refractivity contribution in [3.8, 4) is 0 Å². The average Bonchev–Trinajstić information content (AvgIpc) is 2.77. The van der Waals surface area contributed by atoms with Crippen LogP contribution in [0.15, 0.2) is 35.2 Å². The number of carbonyl (C=O) groups excluding carboxylic acids is 1. The van der Waals surface area contributed by atoms with Crippen molar-refractivity contribution in [2.24, 2.45) is 5.14 Å². The molecule has 0 fully saturated rings. The van der Waals surface area contributed by atoms with Crippen LogP contribution < -0.4 is 10.5 Å². The second-order valence-corrected chi connectivity index (χ2v) is 8.04. The lowest BCUT2D eigenvalue weighted by Crippen LogP contribution is -2.25. The normalized spacial score (nSPS) is 11.4.